The molecule has 0 spiro atoms. The van der Waals surface area contributed by atoms with Crippen molar-refractivity contribution >= 4 is 0 Å². The molecule has 0 aliphatic heterocycles. The molecule has 0 aliphatic carbocycles. The van der Waals surface area contributed by atoms with Crippen LogP contribution >= 0.6 is 0 Å². The summed E-state index contributed by atoms with van der Waals surface area (Å²) in [4.78, 5) is 0. The molecule has 0 saturated carbocycles. The smallest absolute Gasteiger partial charge is 1.00 e. The van der Waals surface area contributed by atoms with Gasteiger partial charge in [-0.05, 0) is 0 Å². The monoisotopic (exact) mass is 272 g/mol. The molecule has 0 bridgehead atoms. The van der Waals surface area contributed by atoms with Crippen molar-refractivity contribution in [3.05, 3.63) is 0 Å². The van der Waals surface area contributed by atoms with Gasteiger partial charge < -0.3 is 34.0 Å². The Morgan fingerprint density at radius 1 is 0.750 bits per heavy atom. The Labute approximate surface area is 67.3 Å². The molecule has 4 heavy (non-hydrogen) atoms. The fraction of sp³-hybridized carbons (Fsp3) is 0. The molecule has 0 aromatic carbocycles. The van der Waals surface area contributed by atoms with Crippen LogP contribution in [0.4, 0.5) is 0 Å². The minimum atomic E-state index is 0. The van der Waals surface area contributed by atoms with Crippen LogP contribution in [0.5, 0.6) is 0 Å². The van der Waals surface area contributed by atoms with Crippen LogP contribution in [0.3, 0.4) is 0 Å². The molecule has 0 aromatic heterocycles. The van der Waals surface area contributed by atoms with E-state index < -0.39 is 0 Å². The van der Waals surface area contributed by atoms with Gasteiger partial charge in [0.25, 0.3) is 0 Å². The second kappa shape index (κ2) is 20.1. The van der Waals surface area contributed by atoms with Crippen LogP contribution in [0.1, 0.15) is 0 Å². The fourth-order valence-electron chi connectivity index (χ4n) is 0. The molecule has 0 N–H and O–H groups in total. The predicted octanol–water partition coefficient (Wildman–Crippen LogP) is -6.00. The number of hydrogen-bond acceptors (Lipinski definition) is 0. The summed E-state index contributed by atoms with van der Waals surface area (Å²) in [6.45, 7) is 0. The van der Waals surface area contributed by atoms with Crippen molar-refractivity contribution in [1.29, 1.82) is 0 Å². The number of halogens is 2. The normalized spacial score (nSPS) is 0. The van der Waals surface area contributed by atoms with Gasteiger partial charge in [0, 0.05) is 17.1 Å². The molecule has 30 valence electrons. The molecule has 0 amide bonds. The number of rotatable bonds is 0. The molecular formula is Br2CoMn. The minimum absolute atomic E-state index is 0. The Morgan fingerprint density at radius 3 is 0.750 bits per heavy atom. The van der Waals surface area contributed by atoms with Crippen LogP contribution in [-0.2, 0) is 33.8 Å². The SMILES string of the molecule is [Br-].[Br-].[Co+2].[Mn]. The van der Waals surface area contributed by atoms with Gasteiger partial charge >= 0.3 is 16.8 Å². The van der Waals surface area contributed by atoms with E-state index >= 15 is 0 Å². The summed E-state index contributed by atoms with van der Waals surface area (Å²) < 4.78 is 0. The van der Waals surface area contributed by atoms with E-state index in [1.165, 1.54) is 0 Å². The molecule has 0 nitrogen and oxygen atoms in total. The second-order valence-electron chi connectivity index (χ2n) is 0. The van der Waals surface area contributed by atoms with Crippen molar-refractivity contribution in [2.24, 2.45) is 0 Å². The number of hydrogen-bond donors (Lipinski definition) is 0. The van der Waals surface area contributed by atoms with Crippen molar-refractivity contribution < 1.29 is 67.8 Å². The maximum atomic E-state index is 0. The average Bonchev–Trinajstić information content (AvgIpc) is 0. The fourth-order valence-corrected chi connectivity index (χ4v) is 0. The van der Waals surface area contributed by atoms with Gasteiger partial charge in [-0.3, -0.25) is 0 Å². The molecule has 0 aliphatic rings. The molecule has 0 fully saturated rings. The van der Waals surface area contributed by atoms with E-state index in [9.17, 15) is 0 Å². The van der Waals surface area contributed by atoms with E-state index in [0.717, 1.165) is 0 Å². The van der Waals surface area contributed by atoms with Crippen LogP contribution in [0.15, 0.2) is 0 Å². The Balaban J connectivity index is 0. The van der Waals surface area contributed by atoms with Crippen molar-refractivity contribution in [3.63, 3.8) is 0 Å². The Hall–Kier alpha value is 1.99. The standard InChI is InChI=1S/2BrH.Co.Mn/h2*1H;;/q;;+2;/p-2. The van der Waals surface area contributed by atoms with Gasteiger partial charge in [0.05, 0.1) is 0 Å². The van der Waals surface area contributed by atoms with Gasteiger partial charge in [0.1, 0.15) is 0 Å². The third-order valence-corrected chi connectivity index (χ3v) is 0. The van der Waals surface area contributed by atoms with Crippen molar-refractivity contribution in [1.82, 2.24) is 0 Å². The third kappa shape index (κ3) is 9.01. The zero-order chi connectivity index (χ0) is 0. The van der Waals surface area contributed by atoms with Crippen molar-refractivity contribution in [3.8, 4) is 0 Å². The van der Waals surface area contributed by atoms with Gasteiger partial charge in [0.15, 0.2) is 0 Å². The molecule has 2 radical (unpaired) electrons. The zero-order valence-corrected chi connectivity index (χ0v) is 6.86. The molecule has 4 heteroatoms. The van der Waals surface area contributed by atoms with Gasteiger partial charge in [-0.1, -0.05) is 0 Å². The Kier molecular flexibility index (Phi) is 189. The van der Waals surface area contributed by atoms with Gasteiger partial charge in [0.2, 0.25) is 0 Å². The van der Waals surface area contributed by atoms with Gasteiger partial charge in [-0.25, -0.2) is 0 Å². The van der Waals surface area contributed by atoms with E-state index in [4.69, 9.17) is 0 Å². The van der Waals surface area contributed by atoms with Crippen LogP contribution in [-0.4, -0.2) is 0 Å². The first kappa shape index (κ1) is 37.7. The third-order valence-electron chi connectivity index (χ3n) is 0. The Bertz CT molecular complexity index is 6.00. The first-order valence-electron chi connectivity index (χ1n) is 0. The van der Waals surface area contributed by atoms with Gasteiger partial charge in [-0.15, -0.1) is 0 Å². The first-order chi connectivity index (χ1) is 0. The maximum Gasteiger partial charge on any atom is 2.00 e. The molecule has 0 unspecified atom stereocenters. The molecule has 0 heterocycles. The van der Waals surface area contributed by atoms with E-state index in [-0.39, 0.29) is 67.8 Å². The molecule has 0 aromatic rings. The van der Waals surface area contributed by atoms with Crippen molar-refractivity contribution in [2.75, 3.05) is 0 Å². The van der Waals surface area contributed by atoms with Crippen LogP contribution in [0, 0.1) is 0 Å². The summed E-state index contributed by atoms with van der Waals surface area (Å²) in [5.74, 6) is 0. The molecular weight excluding hydrogens is 274 g/mol. The van der Waals surface area contributed by atoms with E-state index in [2.05, 4.69) is 0 Å². The van der Waals surface area contributed by atoms with E-state index in [1.807, 2.05) is 0 Å². The Morgan fingerprint density at radius 2 is 0.750 bits per heavy atom. The molecule has 0 rings (SSSR count). The summed E-state index contributed by atoms with van der Waals surface area (Å²) in [6, 6.07) is 0. The first-order valence-corrected chi connectivity index (χ1v) is 0. The minimum Gasteiger partial charge on any atom is -1.00 e. The van der Waals surface area contributed by atoms with Crippen molar-refractivity contribution in [2.45, 2.75) is 0 Å². The van der Waals surface area contributed by atoms with E-state index in [0.29, 0.717) is 0 Å². The van der Waals surface area contributed by atoms with Crippen LogP contribution in [0.25, 0.3) is 0 Å². The van der Waals surface area contributed by atoms with Crippen LogP contribution in [0.2, 0.25) is 0 Å². The molecule has 0 atom stereocenters. The molecule has 0 saturated heterocycles. The summed E-state index contributed by atoms with van der Waals surface area (Å²) >= 11 is 0. The second-order valence-corrected chi connectivity index (χ2v) is 0. The average molecular weight is 274 g/mol. The summed E-state index contributed by atoms with van der Waals surface area (Å²) in [7, 11) is 0. The largest absolute Gasteiger partial charge is 2.00 e. The van der Waals surface area contributed by atoms with Crippen LogP contribution < -0.4 is 34.0 Å². The summed E-state index contributed by atoms with van der Waals surface area (Å²) in [6.07, 6.45) is 0. The maximum absolute atomic E-state index is 0. The summed E-state index contributed by atoms with van der Waals surface area (Å²) in [5.41, 5.74) is 0. The quantitative estimate of drug-likeness (QED) is 0.386. The summed E-state index contributed by atoms with van der Waals surface area (Å²) in [5, 5.41) is 0. The predicted molar refractivity (Wildman–Crippen MR) is 0 cm³/mol. The topological polar surface area (TPSA) is 0 Å². The zero-order valence-electron chi connectivity index (χ0n) is 1.47. The van der Waals surface area contributed by atoms with E-state index in [1.54, 1.807) is 0 Å². The van der Waals surface area contributed by atoms with Gasteiger partial charge in [-0.2, -0.15) is 0 Å².